The highest BCUT2D eigenvalue weighted by Crippen LogP contribution is 2.28. The first-order valence-electron chi connectivity index (χ1n) is 8.49. The van der Waals surface area contributed by atoms with Gasteiger partial charge in [0.25, 0.3) is 0 Å². The quantitative estimate of drug-likeness (QED) is 0.747. The molecule has 1 saturated heterocycles. The molecule has 2 rings (SSSR count). The zero-order valence-corrected chi connectivity index (χ0v) is 14.4. The van der Waals surface area contributed by atoms with Crippen molar-refractivity contribution in [3.8, 4) is 11.5 Å². The van der Waals surface area contributed by atoms with Crippen molar-refractivity contribution in [3.63, 3.8) is 0 Å². The van der Waals surface area contributed by atoms with Crippen LogP contribution in [0.15, 0.2) is 24.3 Å². The first kappa shape index (κ1) is 17.4. The van der Waals surface area contributed by atoms with Crippen LogP contribution in [0.4, 0.5) is 0 Å². The Hall–Kier alpha value is -1.97. The van der Waals surface area contributed by atoms with Crippen LogP contribution in [0.5, 0.6) is 11.5 Å². The summed E-state index contributed by atoms with van der Waals surface area (Å²) in [5, 5.41) is 0. The molecule has 1 amide bonds. The van der Waals surface area contributed by atoms with Crippen LogP contribution in [0.2, 0.25) is 0 Å². The number of nitrogens with zero attached hydrogens (tertiary/aromatic N) is 1. The number of carbonyl (C=O) groups is 1. The van der Waals surface area contributed by atoms with Gasteiger partial charge in [0.15, 0.2) is 11.5 Å². The van der Waals surface area contributed by atoms with E-state index in [2.05, 4.69) is 6.92 Å². The maximum absolute atomic E-state index is 12.5. The van der Waals surface area contributed by atoms with Crippen LogP contribution in [-0.2, 0) is 4.79 Å². The Bertz CT molecular complexity index is 554. The van der Waals surface area contributed by atoms with E-state index < -0.39 is 0 Å². The van der Waals surface area contributed by atoms with E-state index in [1.807, 2.05) is 36.1 Å². The summed E-state index contributed by atoms with van der Waals surface area (Å²) >= 11 is 0. The fourth-order valence-electron chi connectivity index (χ4n) is 3.04. The third kappa shape index (κ3) is 4.50. The SMILES string of the molecule is CCOc1cc(/C=C/C(=O)N2CCCCC2CC)ccc1OC. The third-order valence-electron chi connectivity index (χ3n) is 4.29. The van der Waals surface area contributed by atoms with Crippen LogP contribution in [0.25, 0.3) is 6.08 Å². The number of methoxy groups -OCH3 is 1. The minimum atomic E-state index is 0.102. The van der Waals surface area contributed by atoms with Crippen molar-refractivity contribution in [2.24, 2.45) is 0 Å². The van der Waals surface area contributed by atoms with E-state index in [0.29, 0.717) is 24.1 Å². The van der Waals surface area contributed by atoms with Gasteiger partial charge in [-0.2, -0.15) is 0 Å². The molecule has 1 fully saturated rings. The van der Waals surface area contributed by atoms with Gasteiger partial charge < -0.3 is 14.4 Å². The van der Waals surface area contributed by atoms with Crippen molar-refractivity contribution in [2.45, 2.75) is 45.6 Å². The lowest BCUT2D eigenvalue weighted by Gasteiger charge is -2.34. The van der Waals surface area contributed by atoms with Crippen LogP contribution in [-0.4, -0.2) is 37.1 Å². The molecule has 1 aromatic carbocycles. The molecule has 0 N–H and O–H groups in total. The molecule has 1 aliphatic rings. The molecule has 4 heteroatoms. The summed E-state index contributed by atoms with van der Waals surface area (Å²) < 4.78 is 10.8. The second-order valence-corrected chi connectivity index (χ2v) is 5.77. The van der Waals surface area contributed by atoms with E-state index in [0.717, 1.165) is 31.4 Å². The Morgan fingerprint density at radius 3 is 2.83 bits per heavy atom. The number of amides is 1. The average molecular weight is 317 g/mol. The molecule has 1 unspecified atom stereocenters. The van der Waals surface area contributed by atoms with Crippen molar-refractivity contribution < 1.29 is 14.3 Å². The fraction of sp³-hybridized carbons (Fsp3) is 0.526. The largest absolute Gasteiger partial charge is 0.493 e. The number of hydrogen-bond donors (Lipinski definition) is 0. The van der Waals surface area contributed by atoms with E-state index >= 15 is 0 Å². The number of ether oxygens (including phenoxy) is 2. The molecule has 4 nitrogen and oxygen atoms in total. The molecular formula is C19H27NO3. The summed E-state index contributed by atoms with van der Waals surface area (Å²) in [5.41, 5.74) is 0.938. The van der Waals surface area contributed by atoms with Gasteiger partial charge in [-0.25, -0.2) is 0 Å². The lowest BCUT2D eigenvalue weighted by atomic mass is 10.00. The van der Waals surface area contributed by atoms with Gasteiger partial charge in [-0.05, 0) is 56.4 Å². The van der Waals surface area contributed by atoms with Crippen molar-refractivity contribution in [1.82, 2.24) is 4.90 Å². The summed E-state index contributed by atoms with van der Waals surface area (Å²) in [4.78, 5) is 14.5. The maximum atomic E-state index is 12.5. The monoisotopic (exact) mass is 317 g/mol. The zero-order chi connectivity index (χ0) is 16.7. The van der Waals surface area contributed by atoms with E-state index in [1.165, 1.54) is 6.42 Å². The average Bonchev–Trinajstić information content (AvgIpc) is 2.60. The van der Waals surface area contributed by atoms with Crippen molar-refractivity contribution in [3.05, 3.63) is 29.8 Å². The van der Waals surface area contributed by atoms with Crippen LogP contribution in [0.3, 0.4) is 0 Å². The highest BCUT2D eigenvalue weighted by molar-refractivity contribution is 5.92. The van der Waals surface area contributed by atoms with E-state index in [4.69, 9.17) is 9.47 Å². The fourth-order valence-corrected chi connectivity index (χ4v) is 3.04. The Balaban J connectivity index is 2.09. The molecule has 1 aliphatic heterocycles. The van der Waals surface area contributed by atoms with E-state index in [9.17, 15) is 4.79 Å². The van der Waals surface area contributed by atoms with E-state index in [-0.39, 0.29) is 5.91 Å². The second kappa shape index (κ2) is 8.61. The normalized spacial score (nSPS) is 18.2. The summed E-state index contributed by atoms with van der Waals surface area (Å²) in [7, 11) is 1.62. The maximum Gasteiger partial charge on any atom is 0.246 e. The van der Waals surface area contributed by atoms with Gasteiger partial charge in [0.1, 0.15) is 0 Å². The van der Waals surface area contributed by atoms with Gasteiger partial charge in [0, 0.05) is 18.7 Å². The molecule has 0 aliphatic carbocycles. The van der Waals surface area contributed by atoms with Gasteiger partial charge in [-0.1, -0.05) is 13.0 Å². The zero-order valence-electron chi connectivity index (χ0n) is 14.4. The van der Waals surface area contributed by atoms with Crippen molar-refractivity contribution in [1.29, 1.82) is 0 Å². The molecule has 0 spiro atoms. The van der Waals surface area contributed by atoms with Gasteiger partial charge in [-0.15, -0.1) is 0 Å². The molecule has 1 aromatic rings. The topological polar surface area (TPSA) is 38.8 Å². The number of carbonyl (C=O) groups excluding carboxylic acids is 1. The molecule has 0 radical (unpaired) electrons. The summed E-state index contributed by atoms with van der Waals surface area (Å²) in [6.45, 7) is 5.54. The van der Waals surface area contributed by atoms with Gasteiger partial charge >= 0.3 is 0 Å². The lowest BCUT2D eigenvalue weighted by molar-refractivity contribution is -0.129. The van der Waals surface area contributed by atoms with Crippen molar-refractivity contribution >= 4 is 12.0 Å². The van der Waals surface area contributed by atoms with Crippen LogP contribution in [0.1, 0.15) is 45.1 Å². The van der Waals surface area contributed by atoms with Crippen LogP contribution in [0, 0.1) is 0 Å². The molecule has 0 aromatic heterocycles. The van der Waals surface area contributed by atoms with Gasteiger partial charge in [0.05, 0.1) is 13.7 Å². The molecular weight excluding hydrogens is 290 g/mol. The minimum absolute atomic E-state index is 0.102. The Morgan fingerprint density at radius 2 is 2.13 bits per heavy atom. The number of benzene rings is 1. The molecule has 23 heavy (non-hydrogen) atoms. The van der Waals surface area contributed by atoms with Crippen LogP contribution < -0.4 is 9.47 Å². The predicted octanol–water partition coefficient (Wildman–Crippen LogP) is 3.90. The number of hydrogen-bond acceptors (Lipinski definition) is 3. The third-order valence-corrected chi connectivity index (χ3v) is 4.29. The molecule has 0 bridgehead atoms. The lowest BCUT2D eigenvalue weighted by Crippen LogP contribution is -2.42. The highest BCUT2D eigenvalue weighted by atomic mass is 16.5. The molecule has 126 valence electrons. The molecule has 1 atom stereocenters. The van der Waals surface area contributed by atoms with Gasteiger partial charge in [-0.3, -0.25) is 4.79 Å². The Kier molecular flexibility index (Phi) is 6.51. The summed E-state index contributed by atoms with van der Waals surface area (Å²) in [6, 6.07) is 6.08. The van der Waals surface area contributed by atoms with Gasteiger partial charge in [0.2, 0.25) is 5.91 Å². The minimum Gasteiger partial charge on any atom is -0.493 e. The first-order valence-corrected chi connectivity index (χ1v) is 8.49. The Labute approximate surface area is 139 Å². The summed E-state index contributed by atoms with van der Waals surface area (Å²) in [5.74, 6) is 1.51. The molecule has 1 heterocycles. The smallest absolute Gasteiger partial charge is 0.246 e. The Morgan fingerprint density at radius 1 is 1.30 bits per heavy atom. The first-order chi connectivity index (χ1) is 11.2. The standard InChI is InChI=1S/C19H27NO3/c1-4-16-8-6-7-13-20(16)19(21)12-10-15-9-11-17(22-3)18(14-15)23-5-2/h9-12,14,16H,4-8,13H2,1-3H3/b12-10+. The predicted molar refractivity (Wildman–Crippen MR) is 92.8 cm³/mol. The second-order valence-electron chi connectivity index (χ2n) is 5.77. The number of piperidine rings is 1. The summed E-state index contributed by atoms with van der Waals surface area (Å²) in [6.07, 6.45) is 8.00. The van der Waals surface area contributed by atoms with E-state index in [1.54, 1.807) is 13.2 Å². The van der Waals surface area contributed by atoms with Crippen LogP contribution >= 0.6 is 0 Å². The number of likely N-dealkylation sites (tertiary alicyclic amines) is 1. The van der Waals surface area contributed by atoms with Crippen molar-refractivity contribution in [2.75, 3.05) is 20.3 Å². The highest BCUT2D eigenvalue weighted by Gasteiger charge is 2.23. The molecule has 0 saturated carbocycles. The number of rotatable bonds is 6.